The molecule has 1 fully saturated rings. The van der Waals surface area contributed by atoms with Gasteiger partial charge in [0, 0.05) is 32.6 Å². The molecular weight excluding hydrogens is 280 g/mol. The molecule has 0 saturated carbocycles. The molecule has 0 aliphatic carbocycles. The minimum Gasteiger partial charge on any atom is -0.491 e. The Kier molecular flexibility index (Phi) is 6.21. The molecule has 1 unspecified atom stereocenters. The van der Waals surface area contributed by atoms with Crippen LogP contribution in [0, 0.1) is 6.92 Å². The molecule has 1 aromatic carbocycles. The van der Waals surface area contributed by atoms with Crippen LogP contribution >= 0.6 is 0 Å². The van der Waals surface area contributed by atoms with E-state index < -0.39 is 6.10 Å². The molecule has 22 heavy (non-hydrogen) atoms. The summed E-state index contributed by atoms with van der Waals surface area (Å²) in [6.07, 6.45) is 1.37. The molecule has 1 amide bonds. The van der Waals surface area contributed by atoms with E-state index in [0.29, 0.717) is 13.2 Å². The van der Waals surface area contributed by atoms with Gasteiger partial charge in [-0.05, 0) is 31.9 Å². The number of aliphatic hydroxyl groups is 1. The lowest BCUT2D eigenvalue weighted by Gasteiger charge is -2.33. The number of ether oxygens (including phenoxy) is 1. The van der Waals surface area contributed by atoms with Gasteiger partial charge in [-0.25, -0.2) is 0 Å². The fourth-order valence-electron chi connectivity index (χ4n) is 2.72. The van der Waals surface area contributed by atoms with Crippen molar-refractivity contribution in [3.8, 4) is 5.75 Å². The number of carbonyl (C=O) groups excluding carboxylic acids is 1. The molecule has 2 N–H and O–H groups in total. The molecule has 122 valence electrons. The maximum Gasteiger partial charge on any atom is 0.217 e. The maximum atomic E-state index is 11.0. The number of carbonyl (C=O) groups is 1. The van der Waals surface area contributed by atoms with Gasteiger partial charge in [0.05, 0.1) is 0 Å². The highest BCUT2D eigenvalue weighted by Crippen LogP contribution is 2.13. The number of benzene rings is 1. The molecule has 1 saturated heterocycles. The number of amides is 1. The third-order valence-corrected chi connectivity index (χ3v) is 3.93. The van der Waals surface area contributed by atoms with Gasteiger partial charge >= 0.3 is 0 Å². The van der Waals surface area contributed by atoms with Crippen LogP contribution in [0.1, 0.15) is 25.3 Å². The number of aryl methyl sites for hydroxylation is 1. The molecule has 1 aromatic rings. The summed E-state index contributed by atoms with van der Waals surface area (Å²) in [4.78, 5) is 13.3. The molecule has 5 heteroatoms. The molecule has 1 atom stereocenters. The SMILES string of the molecule is CC(=O)NC1CCN(CC(O)COc2ccc(C)cc2)CC1. The zero-order valence-electron chi connectivity index (χ0n) is 13.4. The van der Waals surface area contributed by atoms with E-state index in [-0.39, 0.29) is 11.9 Å². The van der Waals surface area contributed by atoms with Crippen LogP contribution in [0.25, 0.3) is 0 Å². The standard InChI is InChI=1S/C17H26N2O3/c1-13-3-5-17(6-4-13)22-12-16(21)11-19-9-7-15(8-10-19)18-14(2)20/h3-6,15-16,21H,7-12H2,1-2H3,(H,18,20). The van der Waals surface area contributed by atoms with Crippen molar-refractivity contribution >= 4 is 5.91 Å². The number of nitrogens with one attached hydrogen (secondary N) is 1. The lowest BCUT2D eigenvalue weighted by atomic mass is 10.0. The molecule has 0 bridgehead atoms. The third kappa shape index (κ3) is 5.66. The Morgan fingerprint density at radius 2 is 2.00 bits per heavy atom. The monoisotopic (exact) mass is 306 g/mol. The number of piperidine rings is 1. The predicted molar refractivity (Wildman–Crippen MR) is 86.0 cm³/mol. The molecule has 0 spiro atoms. The molecule has 1 aliphatic heterocycles. The largest absolute Gasteiger partial charge is 0.491 e. The van der Waals surface area contributed by atoms with Crippen molar-refractivity contribution in [1.29, 1.82) is 0 Å². The number of nitrogens with zero attached hydrogens (tertiary/aromatic N) is 1. The van der Waals surface area contributed by atoms with E-state index in [1.807, 2.05) is 31.2 Å². The summed E-state index contributed by atoms with van der Waals surface area (Å²) in [5.41, 5.74) is 1.19. The fourth-order valence-corrected chi connectivity index (χ4v) is 2.72. The summed E-state index contributed by atoms with van der Waals surface area (Å²) in [5, 5.41) is 13.0. The Balaban J connectivity index is 1.66. The Labute approximate surface area is 132 Å². The van der Waals surface area contributed by atoms with Gasteiger partial charge in [-0.2, -0.15) is 0 Å². The Hall–Kier alpha value is -1.59. The number of hydrogen-bond acceptors (Lipinski definition) is 4. The van der Waals surface area contributed by atoms with Crippen molar-refractivity contribution < 1.29 is 14.6 Å². The van der Waals surface area contributed by atoms with E-state index in [2.05, 4.69) is 10.2 Å². The highest BCUT2D eigenvalue weighted by molar-refractivity contribution is 5.73. The van der Waals surface area contributed by atoms with Crippen LogP contribution < -0.4 is 10.1 Å². The molecular formula is C17H26N2O3. The number of likely N-dealkylation sites (tertiary alicyclic amines) is 1. The molecule has 1 aliphatic rings. The lowest BCUT2D eigenvalue weighted by molar-refractivity contribution is -0.120. The van der Waals surface area contributed by atoms with E-state index in [1.54, 1.807) is 6.92 Å². The number of β-amino-alcohol motifs (C(OH)–C–C–N with tert-alkyl or cyclic N) is 1. The second-order valence-corrected chi connectivity index (χ2v) is 6.05. The average molecular weight is 306 g/mol. The van der Waals surface area contributed by atoms with E-state index >= 15 is 0 Å². The van der Waals surface area contributed by atoms with Crippen LogP contribution in [0.4, 0.5) is 0 Å². The van der Waals surface area contributed by atoms with Crippen LogP contribution in [0.3, 0.4) is 0 Å². The van der Waals surface area contributed by atoms with E-state index in [4.69, 9.17) is 4.74 Å². The number of rotatable bonds is 6. The zero-order chi connectivity index (χ0) is 15.9. The molecule has 0 radical (unpaired) electrons. The van der Waals surface area contributed by atoms with Crippen molar-refractivity contribution in [2.24, 2.45) is 0 Å². The summed E-state index contributed by atoms with van der Waals surface area (Å²) in [6, 6.07) is 8.10. The zero-order valence-corrected chi connectivity index (χ0v) is 13.4. The van der Waals surface area contributed by atoms with Crippen LogP contribution in [-0.4, -0.2) is 54.3 Å². The summed E-state index contributed by atoms with van der Waals surface area (Å²) < 4.78 is 5.60. The van der Waals surface area contributed by atoms with Gasteiger partial charge in [-0.1, -0.05) is 17.7 Å². The van der Waals surface area contributed by atoms with Crippen molar-refractivity contribution in [3.05, 3.63) is 29.8 Å². The van der Waals surface area contributed by atoms with Gasteiger partial charge in [0.2, 0.25) is 5.91 Å². The first-order valence-corrected chi connectivity index (χ1v) is 7.90. The van der Waals surface area contributed by atoms with Gasteiger partial charge in [-0.15, -0.1) is 0 Å². The van der Waals surface area contributed by atoms with Crippen LogP contribution in [0.2, 0.25) is 0 Å². The highest BCUT2D eigenvalue weighted by atomic mass is 16.5. The average Bonchev–Trinajstić information content (AvgIpc) is 2.48. The van der Waals surface area contributed by atoms with Gasteiger partial charge < -0.3 is 20.1 Å². The van der Waals surface area contributed by atoms with E-state index in [1.165, 1.54) is 5.56 Å². The lowest BCUT2D eigenvalue weighted by Crippen LogP contribution is -2.46. The van der Waals surface area contributed by atoms with Crippen molar-refractivity contribution in [3.63, 3.8) is 0 Å². The highest BCUT2D eigenvalue weighted by Gasteiger charge is 2.21. The topological polar surface area (TPSA) is 61.8 Å². The summed E-state index contributed by atoms with van der Waals surface area (Å²) >= 11 is 0. The van der Waals surface area contributed by atoms with Gasteiger partial charge in [-0.3, -0.25) is 4.79 Å². The minimum absolute atomic E-state index is 0.0324. The minimum atomic E-state index is -0.501. The first-order valence-electron chi connectivity index (χ1n) is 7.90. The summed E-state index contributed by atoms with van der Waals surface area (Å²) in [7, 11) is 0. The second kappa shape index (κ2) is 8.15. The van der Waals surface area contributed by atoms with Crippen LogP contribution in [0.5, 0.6) is 5.75 Å². The smallest absolute Gasteiger partial charge is 0.217 e. The number of hydrogen-bond donors (Lipinski definition) is 2. The molecule has 1 heterocycles. The Morgan fingerprint density at radius 1 is 1.36 bits per heavy atom. The quantitative estimate of drug-likeness (QED) is 0.832. The van der Waals surface area contributed by atoms with E-state index in [9.17, 15) is 9.90 Å². The molecule has 5 nitrogen and oxygen atoms in total. The van der Waals surface area contributed by atoms with Crippen molar-refractivity contribution in [2.75, 3.05) is 26.2 Å². The summed E-state index contributed by atoms with van der Waals surface area (Å²) in [6.45, 7) is 6.29. The van der Waals surface area contributed by atoms with Crippen molar-refractivity contribution in [1.82, 2.24) is 10.2 Å². The first kappa shape index (κ1) is 16.8. The van der Waals surface area contributed by atoms with Gasteiger partial charge in [0.15, 0.2) is 0 Å². The maximum absolute atomic E-state index is 11.0. The predicted octanol–water partition coefficient (Wildman–Crippen LogP) is 1.34. The fraction of sp³-hybridized carbons (Fsp3) is 0.588. The second-order valence-electron chi connectivity index (χ2n) is 6.05. The van der Waals surface area contributed by atoms with Crippen LogP contribution in [0.15, 0.2) is 24.3 Å². The normalized spacial score (nSPS) is 18.0. The van der Waals surface area contributed by atoms with Gasteiger partial charge in [0.1, 0.15) is 18.5 Å². The van der Waals surface area contributed by atoms with E-state index in [0.717, 1.165) is 31.7 Å². The summed E-state index contributed by atoms with van der Waals surface area (Å²) in [5.74, 6) is 0.819. The van der Waals surface area contributed by atoms with Crippen LogP contribution in [-0.2, 0) is 4.79 Å². The van der Waals surface area contributed by atoms with Gasteiger partial charge in [0.25, 0.3) is 0 Å². The molecule has 2 rings (SSSR count). The number of aliphatic hydroxyl groups excluding tert-OH is 1. The Morgan fingerprint density at radius 3 is 2.59 bits per heavy atom. The van der Waals surface area contributed by atoms with Crippen molar-refractivity contribution in [2.45, 2.75) is 38.8 Å². The first-order chi connectivity index (χ1) is 10.5. The third-order valence-electron chi connectivity index (χ3n) is 3.93. The molecule has 0 aromatic heterocycles. The Bertz CT molecular complexity index is 467.